The van der Waals surface area contributed by atoms with Crippen molar-refractivity contribution in [2.75, 3.05) is 19.8 Å². The van der Waals surface area contributed by atoms with Gasteiger partial charge in [-0.25, -0.2) is 0 Å². The van der Waals surface area contributed by atoms with E-state index in [0.717, 1.165) is 5.57 Å². The predicted molar refractivity (Wildman–Crippen MR) is 61.5 cm³/mol. The molecule has 0 fully saturated rings. The lowest BCUT2D eigenvalue weighted by Crippen LogP contribution is -2.39. The number of nitrogens with one attached hydrogen (secondary N) is 1. The highest BCUT2D eigenvalue weighted by molar-refractivity contribution is 5.78. The van der Waals surface area contributed by atoms with Crippen LogP contribution in [0, 0.1) is 5.92 Å². The fourth-order valence-corrected chi connectivity index (χ4v) is 0.893. The maximum absolute atomic E-state index is 11.4. The molecule has 15 heavy (non-hydrogen) atoms. The molecule has 3 N–H and O–H groups in total. The van der Waals surface area contributed by atoms with Crippen LogP contribution in [0.15, 0.2) is 12.2 Å². The molecule has 1 amide bonds. The minimum atomic E-state index is -0.161. The number of carbonyl (C=O) groups is 1. The van der Waals surface area contributed by atoms with Gasteiger partial charge in [0.1, 0.15) is 0 Å². The van der Waals surface area contributed by atoms with E-state index >= 15 is 0 Å². The van der Waals surface area contributed by atoms with E-state index in [0.29, 0.717) is 19.8 Å². The standard InChI is InChI=1S/C11H22N2O2/c1-8(2)7-15-6-5-13-11(14)9(3)10(4)12/h9-10H,1,5-7,12H2,2-4H3,(H,13,14). The summed E-state index contributed by atoms with van der Waals surface area (Å²) in [4.78, 5) is 11.4. The van der Waals surface area contributed by atoms with Crippen molar-refractivity contribution in [3.05, 3.63) is 12.2 Å². The quantitative estimate of drug-likeness (QED) is 0.484. The fourth-order valence-electron chi connectivity index (χ4n) is 0.893. The molecule has 0 aromatic rings. The lowest BCUT2D eigenvalue weighted by molar-refractivity contribution is -0.125. The molecular weight excluding hydrogens is 192 g/mol. The van der Waals surface area contributed by atoms with Crippen molar-refractivity contribution >= 4 is 5.91 Å². The predicted octanol–water partition coefficient (Wildman–Crippen LogP) is 0.679. The lowest BCUT2D eigenvalue weighted by atomic mass is 10.0. The Hall–Kier alpha value is -0.870. The molecule has 0 aromatic heterocycles. The Balaban J connectivity index is 3.51. The Morgan fingerprint density at radius 1 is 1.53 bits per heavy atom. The smallest absolute Gasteiger partial charge is 0.224 e. The van der Waals surface area contributed by atoms with Gasteiger partial charge in [-0.2, -0.15) is 0 Å². The Morgan fingerprint density at radius 3 is 2.60 bits per heavy atom. The van der Waals surface area contributed by atoms with Gasteiger partial charge in [0.15, 0.2) is 0 Å². The second kappa shape index (κ2) is 7.43. The zero-order valence-corrected chi connectivity index (χ0v) is 9.88. The van der Waals surface area contributed by atoms with Crippen molar-refractivity contribution in [1.29, 1.82) is 0 Å². The third kappa shape index (κ3) is 7.11. The summed E-state index contributed by atoms with van der Waals surface area (Å²) in [6, 6.07) is -0.124. The van der Waals surface area contributed by atoms with Gasteiger partial charge in [0.25, 0.3) is 0 Å². The monoisotopic (exact) mass is 214 g/mol. The number of rotatable bonds is 7. The summed E-state index contributed by atoms with van der Waals surface area (Å²) in [5.74, 6) is -0.185. The van der Waals surface area contributed by atoms with E-state index in [1.165, 1.54) is 0 Å². The molecule has 0 saturated carbocycles. The molecule has 0 rings (SSSR count). The Bertz CT molecular complexity index is 215. The van der Waals surface area contributed by atoms with Crippen LogP contribution in [0.25, 0.3) is 0 Å². The van der Waals surface area contributed by atoms with Crippen molar-refractivity contribution in [3.63, 3.8) is 0 Å². The molecule has 0 aromatic carbocycles. The summed E-state index contributed by atoms with van der Waals surface area (Å²) in [5, 5.41) is 2.76. The van der Waals surface area contributed by atoms with Gasteiger partial charge in [-0.1, -0.05) is 19.1 Å². The van der Waals surface area contributed by atoms with Gasteiger partial charge in [-0.3, -0.25) is 4.79 Å². The van der Waals surface area contributed by atoms with Gasteiger partial charge < -0.3 is 15.8 Å². The molecule has 2 atom stereocenters. The summed E-state index contributed by atoms with van der Waals surface area (Å²) >= 11 is 0. The average molecular weight is 214 g/mol. The van der Waals surface area contributed by atoms with E-state index in [1.54, 1.807) is 0 Å². The van der Waals surface area contributed by atoms with Crippen LogP contribution in [-0.2, 0) is 9.53 Å². The highest BCUT2D eigenvalue weighted by Gasteiger charge is 2.15. The highest BCUT2D eigenvalue weighted by Crippen LogP contribution is 1.98. The molecule has 0 spiro atoms. The van der Waals surface area contributed by atoms with E-state index in [1.807, 2.05) is 20.8 Å². The second-order valence-corrected chi connectivity index (χ2v) is 3.95. The van der Waals surface area contributed by atoms with Crippen molar-refractivity contribution in [2.45, 2.75) is 26.8 Å². The Kier molecular flexibility index (Phi) is 6.99. The molecule has 2 unspecified atom stereocenters. The van der Waals surface area contributed by atoms with Crippen LogP contribution in [0.3, 0.4) is 0 Å². The van der Waals surface area contributed by atoms with Crippen LogP contribution < -0.4 is 11.1 Å². The summed E-state index contributed by atoms with van der Waals surface area (Å²) in [6.07, 6.45) is 0. The molecule has 0 saturated heterocycles. The average Bonchev–Trinajstić information content (AvgIpc) is 2.15. The molecule has 88 valence electrons. The van der Waals surface area contributed by atoms with Gasteiger partial charge in [0.2, 0.25) is 5.91 Å². The van der Waals surface area contributed by atoms with Gasteiger partial charge in [-0.15, -0.1) is 0 Å². The fraction of sp³-hybridized carbons (Fsp3) is 0.727. The van der Waals surface area contributed by atoms with Crippen LogP contribution >= 0.6 is 0 Å². The van der Waals surface area contributed by atoms with Crippen LogP contribution in [0.4, 0.5) is 0 Å². The van der Waals surface area contributed by atoms with Gasteiger partial charge in [0, 0.05) is 18.5 Å². The molecule has 0 aliphatic heterocycles. The first-order chi connectivity index (χ1) is 6.95. The maximum atomic E-state index is 11.4. The Morgan fingerprint density at radius 2 is 2.13 bits per heavy atom. The van der Waals surface area contributed by atoms with Crippen molar-refractivity contribution in [1.82, 2.24) is 5.32 Å². The first-order valence-corrected chi connectivity index (χ1v) is 5.20. The van der Waals surface area contributed by atoms with Crippen LogP contribution in [0.5, 0.6) is 0 Å². The van der Waals surface area contributed by atoms with Crippen molar-refractivity contribution in [3.8, 4) is 0 Å². The van der Waals surface area contributed by atoms with Crippen molar-refractivity contribution < 1.29 is 9.53 Å². The number of carbonyl (C=O) groups excluding carboxylic acids is 1. The molecule has 0 aliphatic carbocycles. The number of hydrogen-bond acceptors (Lipinski definition) is 3. The van der Waals surface area contributed by atoms with Gasteiger partial charge >= 0.3 is 0 Å². The van der Waals surface area contributed by atoms with Crippen LogP contribution in [0.1, 0.15) is 20.8 Å². The zero-order valence-electron chi connectivity index (χ0n) is 9.88. The molecule has 4 nitrogen and oxygen atoms in total. The normalized spacial score (nSPS) is 14.4. The summed E-state index contributed by atoms with van der Waals surface area (Å²) in [7, 11) is 0. The number of ether oxygens (including phenoxy) is 1. The van der Waals surface area contributed by atoms with Gasteiger partial charge in [-0.05, 0) is 13.8 Å². The number of amides is 1. The third-order valence-corrected chi connectivity index (χ3v) is 2.10. The molecule has 0 heterocycles. The van der Waals surface area contributed by atoms with E-state index in [2.05, 4.69) is 11.9 Å². The minimum absolute atomic E-state index is 0.0241. The highest BCUT2D eigenvalue weighted by atomic mass is 16.5. The zero-order chi connectivity index (χ0) is 11.8. The van der Waals surface area contributed by atoms with Crippen LogP contribution in [0.2, 0.25) is 0 Å². The molecule has 4 heteroatoms. The van der Waals surface area contributed by atoms with E-state index < -0.39 is 0 Å². The first kappa shape index (κ1) is 14.1. The van der Waals surface area contributed by atoms with E-state index in [-0.39, 0.29) is 17.9 Å². The van der Waals surface area contributed by atoms with Crippen molar-refractivity contribution in [2.24, 2.45) is 11.7 Å². The molecule has 0 radical (unpaired) electrons. The second-order valence-electron chi connectivity index (χ2n) is 3.95. The molecule has 0 bridgehead atoms. The number of hydrogen-bond donors (Lipinski definition) is 2. The first-order valence-electron chi connectivity index (χ1n) is 5.20. The largest absolute Gasteiger partial charge is 0.375 e. The lowest BCUT2D eigenvalue weighted by Gasteiger charge is -2.15. The SMILES string of the molecule is C=C(C)COCCNC(=O)C(C)C(C)N. The molecular formula is C11H22N2O2. The third-order valence-electron chi connectivity index (χ3n) is 2.10. The minimum Gasteiger partial charge on any atom is -0.375 e. The van der Waals surface area contributed by atoms with E-state index in [9.17, 15) is 4.79 Å². The van der Waals surface area contributed by atoms with E-state index in [4.69, 9.17) is 10.5 Å². The summed E-state index contributed by atoms with van der Waals surface area (Å²) < 4.78 is 5.24. The maximum Gasteiger partial charge on any atom is 0.224 e. The number of nitrogens with two attached hydrogens (primary N) is 1. The van der Waals surface area contributed by atoms with Crippen LogP contribution in [-0.4, -0.2) is 31.7 Å². The Labute approximate surface area is 91.9 Å². The summed E-state index contributed by atoms with van der Waals surface area (Å²) in [5.41, 5.74) is 6.58. The summed E-state index contributed by atoms with van der Waals surface area (Å²) in [6.45, 7) is 10.8. The topological polar surface area (TPSA) is 64.3 Å². The molecule has 0 aliphatic rings. The van der Waals surface area contributed by atoms with Gasteiger partial charge in [0.05, 0.1) is 13.2 Å².